The Hall–Kier alpha value is -3.05. The van der Waals surface area contributed by atoms with Gasteiger partial charge in [0, 0.05) is 13.1 Å². The molecule has 218 valence electrons. The van der Waals surface area contributed by atoms with E-state index in [0.29, 0.717) is 0 Å². The van der Waals surface area contributed by atoms with Crippen molar-refractivity contribution in [2.24, 2.45) is 5.92 Å². The Kier molecular flexibility index (Phi) is 10.2. The van der Waals surface area contributed by atoms with Crippen molar-refractivity contribution in [1.82, 2.24) is 15.1 Å². The van der Waals surface area contributed by atoms with Gasteiger partial charge in [0.05, 0.1) is 0 Å². The first-order valence-electron chi connectivity index (χ1n) is 12.7. The van der Waals surface area contributed by atoms with E-state index in [1.807, 2.05) is 0 Å². The Morgan fingerprint density at radius 3 is 1.71 bits per heavy atom. The number of amides is 3. The fourth-order valence-corrected chi connectivity index (χ4v) is 3.47. The Morgan fingerprint density at radius 2 is 1.26 bits per heavy atom. The van der Waals surface area contributed by atoms with E-state index in [1.54, 1.807) is 83.1 Å². The number of esters is 1. The van der Waals surface area contributed by atoms with Crippen LogP contribution in [-0.2, 0) is 23.7 Å². The van der Waals surface area contributed by atoms with Gasteiger partial charge in [-0.05, 0) is 95.4 Å². The SMILES string of the molecule is CC(C)(C)OC(=O)NC(=N)N(C[C@@H]1C[C@@H](C(=O)OC(C)(C)C)N(C(=O)OC(C)(C)C)C1)C(=O)OC(C)(C)C. The molecule has 12 nitrogen and oxygen atoms in total. The smallest absolute Gasteiger partial charge is 0.417 e. The van der Waals surface area contributed by atoms with Gasteiger partial charge < -0.3 is 18.9 Å². The number of nitrogens with one attached hydrogen (secondary N) is 2. The second-order valence-electron chi connectivity index (χ2n) is 13.4. The fraction of sp³-hybridized carbons (Fsp3) is 0.808. The van der Waals surface area contributed by atoms with Gasteiger partial charge in [0.15, 0.2) is 0 Å². The highest BCUT2D eigenvalue weighted by Gasteiger charge is 2.45. The summed E-state index contributed by atoms with van der Waals surface area (Å²) >= 11 is 0. The van der Waals surface area contributed by atoms with Crippen LogP contribution in [0.25, 0.3) is 0 Å². The molecule has 1 saturated heterocycles. The van der Waals surface area contributed by atoms with E-state index in [4.69, 9.17) is 24.4 Å². The monoisotopic (exact) mass is 542 g/mol. The van der Waals surface area contributed by atoms with Gasteiger partial charge in [0.25, 0.3) is 0 Å². The average molecular weight is 543 g/mol. The Balaban J connectivity index is 3.23. The van der Waals surface area contributed by atoms with Crippen molar-refractivity contribution in [1.29, 1.82) is 5.41 Å². The number of hydrogen-bond acceptors (Lipinski definition) is 9. The molecule has 1 rings (SSSR count). The third kappa shape index (κ3) is 12.0. The summed E-state index contributed by atoms with van der Waals surface area (Å²) in [6.45, 7) is 20.3. The minimum atomic E-state index is -0.956. The molecular formula is C26H46N4O8. The number of carbonyl (C=O) groups is 4. The highest BCUT2D eigenvalue weighted by atomic mass is 16.6. The lowest BCUT2D eigenvalue weighted by Gasteiger charge is -2.30. The lowest BCUT2D eigenvalue weighted by Crippen LogP contribution is -2.51. The molecule has 0 unspecified atom stereocenters. The first-order chi connectivity index (χ1) is 16.9. The van der Waals surface area contributed by atoms with Crippen LogP contribution in [0.5, 0.6) is 0 Å². The lowest BCUT2D eigenvalue weighted by molar-refractivity contribution is -0.160. The predicted molar refractivity (Wildman–Crippen MR) is 141 cm³/mol. The third-order valence-electron chi connectivity index (χ3n) is 4.64. The highest BCUT2D eigenvalue weighted by Crippen LogP contribution is 2.29. The zero-order chi connectivity index (χ0) is 29.9. The summed E-state index contributed by atoms with van der Waals surface area (Å²) in [4.78, 5) is 53.5. The zero-order valence-electron chi connectivity index (χ0n) is 24.9. The molecule has 1 aliphatic rings. The van der Waals surface area contributed by atoms with E-state index in [0.717, 1.165) is 4.90 Å². The minimum Gasteiger partial charge on any atom is -0.458 e. The van der Waals surface area contributed by atoms with E-state index in [-0.39, 0.29) is 19.5 Å². The molecule has 1 heterocycles. The fourth-order valence-electron chi connectivity index (χ4n) is 3.47. The van der Waals surface area contributed by atoms with E-state index < -0.39 is 64.6 Å². The van der Waals surface area contributed by atoms with E-state index in [9.17, 15) is 19.2 Å². The third-order valence-corrected chi connectivity index (χ3v) is 4.64. The summed E-state index contributed by atoms with van der Waals surface area (Å²) in [6, 6.07) is -0.956. The molecule has 0 aliphatic carbocycles. The molecular weight excluding hydrogens is 496 g/mol. The number of hydrogen-bond donors (Lipinski definition) is 2. The maximum atomic E-state index is 13.0. The number of ether oxygens (including phenoxy) is 4. The lowest BCUT2D eigenvalue weighted by atomic mass is 10.0. The second-order valence-corrected chi connectivity index (χ2v) is 13.4. The molecule has 2 N–H and O–H groups in total. The van der Waals surface area contributed by atoms with Crippen LogP contribution in [0.2, 0.25) is 0 Å². The molecule has 1 fully saturated rings. The number of guanidine groups is 1. The van der Waals surface area contributed by atoms with Crippen molar-refractivity contribution in [2.45, 2.75) is 118 Å². The van der Waals surface area contributed by atoms with Crippen LogP contribution in [0, 0.1) is 11.3 Å². The first-order valence-corrected chi connectivity index (χ1v) is 12.7. The van der Waals surface area contributed by atoms with Crippen LogP contribution in [-0.4, -0.2) is 81.5 Å². The van der Waals surface area contributed by atoms with Crippen LogP contribution in [0.1, 0.15) is 89.5 Å². The molecule has 0 aromatic carbocycles. The number of rotatable bonds is 3. The van der Waals surface area contributed by atoms with Crippen LogP contribution < -0.4 is 5.32 Å². The standard InChI is InChI=1S/C26H46N4O8/c1-23(2,3)35-18(31)17-13-16(14-29(17)21(33)37-25(7,8)9)15-30(22(34)38-26(10,11)12)19(27)28-20(32)36-24(4,5)6/h16-17H,13-15H2,1-12H3,(H2,27,28,32)/t16-,17+/m1/s1. The molecule has 0 aromatic heterocycles. The molecule has 2 atom stereocenters. The van der Waals surface area contributed by atoms with Crippen molar-refractivity contribution in [3.63, 3.8) is 0 Å². The molecule has 0 aromatic rings. The van der Waals surface area contributed by atoms with E-state index >= 15 is 0 Å². The predicted octanol–water partition coefficient (Wildman–Crippen LogP) is 4.65. The normalized spacial score (nSPS) is 18.4. The largest absolute Gasteiger partial charge is 0.458 e. The van der Waals surface area contributed by atoms with Gasteiger partial charge in [-0.1, -0.05) is 0 Å². The van der Waals surface area contributed by atoms with Gasteiger partial charge in [-0.25, -0.2) is 24.1 Å². The van der Waals surface area contributed by atoms with Crippen LogP contribution in [0.15, 0.2) is 0 Å². The number of alkyl carbamates (subject to hydrolysis) is 1. The topological polar surface area (TPSA) is 148 Å². The van der Waals surface area contributed by atoms with Crippen molar-refractivity contribution in [3.8, 4) is 0 Å². The summed E-state index contributed by atoms with van der Waals surface area (Å²) in [6.07, 6.45) is -2.33. The van der Waals surface area contributed by atoms with Gasteiger partial charge in [0.2, 0.25) is 5.96 Å². The summed E-state index contributed by atoms with van der Waals surface area (Å²) in [5.74, 6) is -1.62. The maximum absolute atomic E-state index is 13.0. The minimum absolute atomic E-state index is 0.0534. The molecule has 0 radical (unpaired) electrons. The Labute approximate surface area is 226 Å². The van der Waals surface area contributed by atoms with E-state index in [1.165, 1.54) is 4.90 Å². The van der Waals surface area contributed by atoms with E-state index in [2.05, 4.69) is 5.32 Å². The quantitative estimate of drug-likeness (QED) is 0.227. The van der Waals surface area contributed by atoms with Crippen molar-refractivity contribution in [2.75, 3.05) is 13.1 Å². The number of likely N-dealkylation sites (tertiary alicyclic amines) is 1. The molecule has 3 amide bonds. The average Bonchev–Trinajstić information content (AvgIpc) is 3.04. The maximum Gasteiger partial charge on any atom is 0.417 e. The first kappa shape index (κ1) is 33.0. The van der Waals surface area contributed by atoms with Crippen molar-refractivity contribution in [3.05, 3.63) is 0 Å². The van der Waals surface area contributed by atoms with Gasteiger partial charge in [0.1, 0.15) is 28.4 Å². The molecule has 0 saturated carbocycles. The zero-order valence-corrected chi connectivity index (χ0v) is 24.9. The molecule has 12 heteroatoms. The van der Waals surface area contributed by atoms with Crippen molar-refractivity contribution < 1.29 is 38.1 Å². The number of nitrogens with zero attached hydrogens (tertiary/aromatic N) is 2. The highest BCUT2D eigenvalue weighted by molar-refractivity contribution is 5.99. The summed E-state index contributed by atoms with van der Waals surface area (Å²) in [5, 5.41) is 10.7. The van der Waals surface area contributed by atoms with Crippen LogP contribution in [0.3, 0.4) is 0 Å². The van der Waals surface area contributed by atoms with Gasteiger partial charge in [-0.3, -0.25) is 15.6 Å². The molecule has 0 bridgehead atoms. The van der Waals surface area contributed by atoms with Crippen molar-refractivity contribution >= 4 is 30.2 Å². The second kappa shape index (κ2) is 11.8. The summed E-state index contributed by atoms with van der Waals surface area (Å²) in [5.41, 5.74) is -3.27. The molecule has 1 aliphatic heterocycles. The summed E-state index contributed by atoms with van der Waals surface area (Å²) < 4.78 is 21.7. The van der Waals surface area contributed by atoms with Gasteiger partial charge in [-0.15, -0.1) is 0 Å². The number of carbonyl (C=O) groups excluding carboxylic acids is 4. The molecule has 38 heavy (non-hydrogen) atoms. The summed E-state index contributed by atoms with van der Waals surface area (Å²) in [7, 11) is 0. The Morgan fingerprint density at radius 1 is 0.789 bits per heavy atom. The van der Waals surface area contributed by atoms with Crippen LogP contribution >= 0.6 is 0 Å². The van der Waals surface area contributed by atoms with Gasteiger partial charge in [-0.2, -0.15) is 0 Å². The van der Waals surface area contributed by atoms with Crippen LogP contribution in [0.4, 0.5) is 14.4 Å². The van der Waals surface area contributed by atoms with Gasteiger partial charge >= 0.3 is 24.2 Å². The molecule has 0 spiro atoms. The Bertz CT molecular complexity index is 870.